The van der Waals surface area contributed by atoms with E-state index in [1.165, 1.54) is 19.2 Å². The minimum Gasteiger partial charge on any atom is -0.496 e. The molecule has 1 amide bonds. The number of carbonyl (C=O) groups excluding carboxylic acids is 2. The van der Waals surface area contributed by atoms with E-state index in [1.807, 2.05) is 17.0 Å². The molecule has 0 aromatic heterocycles. The molecule has 3 rings (SSSR count). The molecular weight excluding hydrogens is 333 g/mol. The molecular formula is C21H22FNO3. The van der Waals surface area contributed by atoms with E-state index in [4.69, 9.17) is 4.74 Å². The first-order chi connectivity index (χ1) is 12.6. The van der Waals surface area contributed by atoms with Crippen molar-refractivity contribution in [2.45, 2.75) is 19.3 Å². The highest BCUT2D eigenvalue weighted by Gasteiger charge is 2.25. The number of nitrogens with zero attached hydrogens (tertiary/aromatic N) is 1. The molecule has 0 aliphatic carbocycles. The normalized spacial score (nSPS) is 14.9. The van der Waals surface area contributed by atoms with Crippen LogP contribution in [-0.2, 0) is 6.42 Å². The lowest BCUT2D eigenvalue weighted by molar-refractivity contribution is 0.0687. The van der Waals surface area contributed by atoms with E-state index in [9.17, 15) is 14.0 Å². The standard InChI is InChI=1S/C21H22FNO3/c1-26-20-7-4-17(14-24)13-19(20)21(25)23-10-8-16(9-11-23)12-15-2-5-18(22)6-3-15/h2-7,13-14,16H,8-12H2,1H3. The average molecular weight is 355 g/mol. The highest BCUT2D eigenvalue weighted by molar-refractivity contribution is 5.98. The van der Waals surface area contributed by atoms with Gasteiger partial charge in [-0.15, -0.1) is 0 Å². The number of ether oxygens (including phenoxy) is 1. The fourth-order valence-electron chi connectivity index (χ4n) is 3.43. The van der Waals surface area contributed by atoms with Crippen LogP contribution in [0.25, 0.3) is 0 Å². The Kier molecular flexibility index (Phi) is 5.66. The number of aldehydes is 1. The zero-order valence-electron chi connectivity index (χ0n) is 14.8. The van der Waals surface area contributed by atoms with Gasteiger partial charge in [-0.1, -0.05) is 12.1 Å². The fraction of sp³-hybridized carbons (Fsp3) is 0.333. The van der Waals surface area contributed by atoms with E-state index in [0.717, 1.165) is 31.1 Å². The molecule has 4 nitrogen and oxygen atoms in total. The summed E-state index contributed by atoms with van der Waals surface area (Å²) < 4.78 is 18.3. The van der Waals surface area contributed by atoms with Gasteiger partial charge in [0.25, 0.3) is 5.91 Å². The van der Waals surface area contributed by atoms with E-state index in [0.29, 0.717) is 35.9 Å². The van der Waals surface area contributed by atoms with Crippen LogP contribution in [0.5, 0.6) is 5.75 Å². The van der Waals surface area contributed by atoms with Gasteiger partial charge in [-0.2, -0.15) is 0 Å². The molecule has 5 heteroatoms. The maximum Gasteiger partial charge on any atom is 0.257 e. The second-order valence-corrected chi connectivity index (χ2v) is 6.64. The van der Waals surface area contributed by atoms with Crippen LogP contribution in [-0.4, -0.2) is 37.3 Å². The highest BCUT2D eigenvalue weighted by atomic mass is 19.1. The van der Waals surface area contributed by atoms with Gasteiger partial charge in [0.2, 0.25) is 0 Å². The Morgan fingerprint density at radius 1 is 1.19 bits per heavy atom. The van der Waals surface area contributed by atoms with E-state index in [1.54, 1.807) is 18.2 Å². The summed E-state index contributed by atoms with van der Waals surface area (Å²) in [5, 5.41) is 0. The molecule has 2 aromatic rings. The van der Waals surface area contributed by atoms with Gasteiger partial charge in [0.1, 0.15) is 17.9 Å². The number of benzene rings is 2. The lowest BCUT2D eigenvalue weighted by Gasteiger charge is -2.32. The van der Waals surface area contributed by atoms with Gasteiger partial charge in [0.05, 0.1) is 12.7 Å². The Morgan fingerprint density at radius 3 is 2.50 bits per heavy atom. The minimum absolute atomic E-state index is 0.106. The fourth-order valence-corrected chi connectivity index (χ4v) is 3.43. The van der Waals surface area contributed by atoms with E-state index < -0.39 is 0 Å². The number of hydrogen-bond donors (Lipinski definition) is 0. The third-order valence-corrected chi connectivity index (χ3v) is 4.93. The second kappa shape index (κ2) is 8.13. The third kappa shape index (κ3) is 4.10. The van der Waals surface area contributed by atoms with Gasteiger partial charge in [-0.3, -0.25) is 9.59 Å². The number of piperidine rings is 1. The van der Waals surface area contributed by atoms with Crippen molar-refractivity contribution in [3.63, 3.8) is 0 Å². The van der Waals surface area contributed by atoms with Crippen LogP contribution in [0.2, 0.25) is 0 Å². The van der Waals surface area contributed by atoms with E-state index in [-0.39, 0.29) is 11.7 Å². The quantitative estimate of drug-likeness (QED) is 0.768. The summed E-state index contributed by atoms with van der Waals surface area (Å²) in [7, 11) is 1.52. The smallest absolute Gasteiger partial charge is 0.257 e. The van der Waals surface area contributed by atoms with Crippen molar-refractivity contribution in [1.29, 1.82) is 0 Å². The van der Waals surface area contributed by atoms with Crippen LogP contribution in [0.1, 0.15) is 39.1 Å². The van der Waals surface area contributed by atoms with Crippen molar-refractivity contribution < 1.29 is 18.7 Å². The molecule has 0 bridgehead atoms. The lowest BCUT2D eigenvalue weighted by atomic mass is 9.90. The Balaban J connectivity index is 1.63. The highest BCUT2D eigenvalue weighted by Crippen LogP contribution is 2.26. The zero-order chi connectivity index (χ0) is 18.5. The van der Waals surface area contributed by atoms with Crippen LogP contribution in [0, 0.1) is 11.7 Å². The molecule has 0 saturated carbocycles. The summed E-state index contributed by atoms with van der Waals surface area (Å²) in [5.41, 5.74) is 2.01. The SMILES string of the molecule is COc1ccc(C=O)cc1C(=O)N1CCC(Cc2ccc(F)cc2)CC1. The van der Waals surface area contributed by atoms with Crippen LogP contribution >= 0.6 is 0 Å². The molecule has 1 aliphatic heterocycles. The monoisotopic (exact) mass is 355 g/mol. The molecule has 136 valence electrons. The molecule has 1 heterocycles. The summed E-state index contributed by atoms with van der Waals surface area (Å²) in [5.74, 6) is 0.633. The van der Waals surface area contributed by atoms with Crippen molar-refractivity contribution in [2.24, 2.45) is 5.92 Å². The van der Waals surface area contributed by atoms with Crippen LogP contribution in [0.3, 0.4) is 0 Å². The molecule has 0 radical (unpaired) electrons. The van der Waals surface area contributed by atoms with Crippen LogP contribution in [0.15, 0.2) is 42.5 Å². The molecule has 1 aliphatic rings. The van der Waals surface area contributed by atoms with Gasteiger partial charge in [-0.05, 0) is 61.1 Å². The van der Waals surface area contributed by atoms with Crippen molar-refractivity contribution in [3.05, 3.63) is 65.0 Å². The number of hydrogen-bond acceptors (Lipinski definition) is 3. The van der Waals surface area contributed by atoms with Gasteiger partial charge in [0, 0.05) is 18.7 Å². The minimum atomic E-state index is -0.222. The van der Waals surface area contributed by atoms with Gasteiger partial charge in [0.15, 0.2) is 0 Å². The van der Waals surface area contributed by atoms with E-state index in [2.05, 4.69) is 0 Å². The first kappa shape index (κ1) is 18.1. The number of amides is 1. The Morgan fingerprint density at radius 2 is 1.88 bits per heavy atom. The first-order valence-electron chi connectivity index (χ1n) is 8.77. The Labute approximate surface area is 152 Å². The second-order valence-electron chi connectivity index (χ2n) is 6.64. The van der Waals surface area contributed by atoms with Gasteiger partial charge < -0.3 is 9.64 Å². The molecule has 1 saturated heterocycles. The lowest BCUT2D eigenvalue weighted by Crippen LogP contribution is -2.39. The molecule has 2 aromatic carbocycles. The van der Waals surface area contributed by atoms with Crippen molar-refractivity contribution >= 4 is 12.2 Å². The summed E-state index contributed by atoms with van der Waals surface area (Å²) in [6.07, 6.45) is 3.43. The molecule has 0 atom stereocenters. The van der Waals surface area contributed by atoms with Crippen LogP contribution in [0.4, 0.5) is 4.39 Å². The number of rotatable bonds is 5. The molecule has 26 heavy (non-hydrogen) atoms. The zero-order valence-corrected chi connectivity index (χ0v) is 14.8. The molecule has 0 unspecified atom stereocenters. The molecule has 0 N–H and O–H groups in total. The maximum absolute atomic E-state index is 13.0. The number of likely N-dealkylation sites (tertiary alicyclic amines) is 1. The van der Waals surface area contributed by atoms with Crippen LogP contribution < -0.4 is 4.74 Å². The van der Waals surface area contributed by atoms with E-state index >= 15 is 0 Å². The number of carbonyl (C=O) groups is 2. The number of methoxy groups -OCH3 is 1. The summed E-state index contributed by atoms with van der Waals surface area (Å²) in [4.78, 5) is 25.7. The van der Waals surface area contributed by atoms with Crippen molar-refractivity contribution in [3.8, 4) is 5.75 Å². The Bertz CT molecular complexity index is 780. The topological polar surface area (TPSA) is 46.6 Å². The summed E-state index contributed by atoms with van der Waals surface area (Å²) >= 11 is 0. The summed E-state index contributed by atoms with van der Waals surface area (Å²) in [6.45, 7) is 1.33. The summed E-state index contributed by atoms with van der Waals surface area (Å²) in [6, 6.07) is 11.5. The first-order valence-corrected chi connectivity index (χ1v) is 8.77. The predicted molar refractivity (Wildman–Crippen MR) is 97.1 cm³/mol. The Hall–Kier alpha value is -2.69. The van der Waals surface area contributed by atoms with Gasteiger partial charge in [-0.25, -0.2) is 4.39 Å². The predicted octanol–water partition coefficient (Wildman–Crippen LogP) is 3.74. The maximum atomic E-state index is 13.0. The number of halogens is 1. The molecule has 1 fully saturated rings. The third-order valence-electron chi connectivity index (χ3n) is 4.93. The average Bonchev–Trinajstić information content (AvgIpc) is 2.69. The molecule has 0 spiro atoms. The largest absolute Gasteiger partial charge is 0.496 e. The van der Waals surface area contributed by atoms with Crippen molar-refractivity contribution in [2.75, 3.05) is 20.2 Å². The van der Waals surface area contributed by atoms with Gasteiger partial charge >= 0.3 is 0 Å². The van der Waals surface area contributed by atoms with Crippen molar-refractivity contribution in [1.82, 2.24) is 4.90 Å².